The maximum Gasteiger partial charge on any atom is -0.00137 e. The van der Waals surface area contributed by atoms with Crippen LogP contribution >= 0.6 is 0 Å². The topological polar surface area (TPSA) is 0 Å². The predicted octanol–water partition coefficient (Wildman–Crippen LogP) is 15.4. The second-order valence-electron chi connectivity index (χ2n) is 14.9. The number of benzene rings is 11. The molecule has 0 aliphatic heterocycles. The predicted molar refractivity (Wildman–Crippen MR) is 235 cm³/mol. The van der Waals surface area contributed by atoms with Gasteiger partial charge in [-0.2, -0.15) is 0 Å². The van der Waals surface area contributed by atoms with Crippen molar-refractivity contribution in [2.24, 2.45) is 0 Å². The Kier molecular flexibility index (Phi) is 6.78. The van der Waals surface area contributed by atoms with Crippen molar-refractivity contribution in [3.05, 3.63) is 193 Å². The molecule has 0 N–H and O–H groups in total. The van der Waals surface area contributed by atoms with Crippen LogP contribution in [0.1, 0.15) is 11.1 Å². The molecule has 0 fully saturated rings. The fraction of sp³-hybridized carbons (Fsp3) is 0.0370. The summed E-state index contributed by atoms with van der Waals surface area (Å²) >= 11 is 0. The van der Waals surface area contributed by atoms with Crippen LogP contribution in [0.15, 0.2) is 182 Å². The van der Waals surface area contributed by atoms with E-state index in [0.717, 1.165) is 0 Å². The van der Waals surface area contributed by atoms with Gasteiger partial charge in [-0.15, -0.1) is 0 Å². The minimum Gasteiger partial charge on any atom is -0.0616 e. The van der Waals surface area contributed by atoms with Gasteiger partial charge >= 0.3 is 0 Å². The van der Waals surface area contributed by atoms with Crippen molar-refractivity contribution in [2.75, 3.05) is 0 Å². The van der Waals surface area contributed by atoms with Gasteiger partial charge in [0.15, 0.2) is 0 Å². The van der Waals surface area contributed by atoms with Crippen molar-refractivity contribution in [2.45, 2.75) is 13.8 Å². The van der Waals surface area contributed by atoms with Crippen molar-refractivity contribution in [1.82, 2.24) is 0 Å². The molecule has 0 aromatic heterocycles. The van der Waals surface area contributed by atoms with Crippen LogP contribution in [-0.2, 0) is 0 Å². The second-order valence-corrected chi connectivity index (χ2v) is 14.9. The van der Waals surface area contributed by atoms with Crippen molar-refractivity contribution in [3.8, 4) is 33.4 Å². The molecule has 0 heteroatoms. The summed E-state index contributed by atoms with van der Waals surface area (Å²) in [5.74, 6) is 0. The van der Waals surface area contributed by atoms with E-state index in [1.54, 1.807) is 0 Å². The number of fused-ring (bicyclic) bond motifs is 13. The second kappa shape index (κ2) is 11.9. The van der Waals surface area contributed by atoms with Gasteiger partial charge in [0.2, 0.25) is 0 Å². The molecule has 0 aliphatic rings. The Morgan fingerprint density at radius 2 is 0.556 bits per heavy atom. The van der Waals surface area contributed by atoms with Gasteiger partial charge in [0.05, 0.1) is 0 Å². The van der Waals surface area contributed by atoms with E-state index in [0.29, 0.717) is 0 Å². The van der Waals surface area contributed by atoms with E-state index in [1.165, 1.54) is 120 Å². The van der Waals surface area contributed by atoms with Crippen molar-refractivity contribution >= 4 is 75.4 Å². The molecule has 252 valence electrons. The van der Waals surface area contributed by atoms with Crippen LogP contribution in [0.4, 0.5) is 0 Å². The van der Waals surface area contributed by atoms with Crippen LogP contribution in [-0.4, -0.2) is 0 Å². The molecule has 0 unspecified atom stereocenters. The van der Waals surface area contributed by atoms with Crippen LogP contribution in [0.3, 0.4) is 0 Å². The molecule has 0 atom stereocenters. The Hall–Kier alpha value is -6.76. The van der Waals surface area contributed by atoms with E-state index < -0.39 is 0 Å². The molecule has 0 heterocycles. The molecule has 11 aromatic carbocycles. The van der Waals surface area contributed by atoms with E-state index in [1.807, 2.05) is 0 Å². The Labute approximate surface area is 314 Å². The lowest BCUT2D eigenvalue weighted by Crippen LogP contribution is -1.92. The number of hydrogen-bond acceptors (Lipinski definition) is 0. The Balaban J connectivity index is 1.14. The first-order valence-electron chi connectivity index (χ1n) is 18.9. The van der Waals surface area contributed by atoms with Gasteiger partial charge in [-0.1, -0.05) is 187 Å². The van der Waals surface area contributed by atoms with E-state index in [2.05, 4.69) is 196 Å². The van der Waals surface area contributed by atoms with Gasteiger partial charge < -0.3 is 0 Å². The first-order valence-corrected chi connectivity index (χ1v) is 18.9. The standard InChI is InChI=1S/C54H36/c1-33-29-34(2)31-38(30-33)52-48-21-11-9-19-46(48)51(47-20-10-12-22-49(47)52)36-25-23-35(24-26-36)37-27-28-42-41-15-5-7-17-44(41)53-43-16-6-3-13-39(43)40-14-4-8-18-45(40)54(53)50(42)32-37/h3-32H,1-2H3. The van der Waals surface area contributed by atoms with Crippen LogP contribution in [0.2, 0.25) is 0 Å². The summed E-state index contributed by atoms with van der Waals surface area (Å²) in [6.45, 7) is 4.39. The lowest BCUT2D eigenvalue weighted by atomic mass is 9.85. The molecule has 0 saturated heterocycles. The van der Waals surface area contributed by atoms with Crippen molar-refractivity contribution in [3.63, 3.8) is 0 Å². The summed E-state index contributed by atoms with van der Waals surface area (Å²) in [7, 11) is 0. The van der Waals surface area contributed by atoms with Crippen LogP contribution in [0.25, 0.3) is 109 Å². The number of hydrogen-bond donors (Lipinski definition) is 0. The SMILES string of the molecule is Cc1cc(C)cc(-c2c3ccccc3c(-c3ccc(-c4ccc5c6ccccc6c6c7ccccc7c7ccccc7c6c5c4)cc3)c3ccccc23)c1. The third-order valence-corrected chi connectivity index (χ3v) is 11.7. The van der Waals surface area contributed by atoms with Gasteiger partial charge in [0.25, 0.3) is 0 Å². The summed E-state index contributed by atoms with van der Waals surface area (Å²) in [6, 6.07) is 68.0. The Bertz CT molecular complexity index is 3230. The average Bonchev–Trinajstić information content (AvgIpc) is 3.22. The quantitative estimate of drug-likeness (QED) is 0.128. The highest BCUT2D eigenvalue weighted by Crippen LogP contribution is 2.46. The summed E-state index contributed by atoms with van der Waals surface area (Å²) < 4.78 is 0. The molecule has 11 rings (SSSR count). The highest BCUT2D eigenvalue weighted by molar-refractivity contribution is 6.39. The lowest BCUT2D eigenvalue weighted by molar-refractivity contribution is 1.39. The first kappa shape index (κ1) is 30.8. The van der Waals surface area contributed by atoms with Crippen molar-refractivity contribution < 1.29 is 0 Å². The zero-order valence-electron chi connectivity index (χ0n) is 30.3. The van der Waals surface area contributed by atoms with E-state index in [9.17, 15) is 0 Å². The monoisotopic (exact) mass is 684 g/mol. The molecule has 0 saturated carbocycles. The van der Waals surface area contributed by atoms with Crippen LogP contribution in [0, 0.1) is 13.8 Å². The van der Waals surface area contributed by atoms with E-state index in [4.69, 9.17) is 0 Å². The fourth-order valence-electron chi connectivity index (χ4n) is 9.50. The Morgan fingerprint density at radius 1 is 0.222 bits per heavy atom. The molecule has 0 spiro atoms. The molecule has 54 heavy (non-hydrogen) atoms. The maximum atomic E-state index is 2.43. The Morgan fingerprint density at radius 3 is 1.02 bits per heavy atom. The van der Waals surface area contributed by atoms with Gasteiger partial charge in [0.1, 0.15) is 0 Å². The van der Waals surface area contributed by atoms with Crippen molar-refractivity contribution in [1.29, 1.82) is 0 Å². The molecular weight excluding hydrogens is 649 g/mol. The number of aryl methyl sites for hydroxylation is 2. The summed E-state index contributed by atoms with van der Waals surface area (Å²) in [6.07, 6.45) is 0. The molecule has 0 bridgehead atoms. The average molecular weight is 685 g/mol. The zero-order valence-corrected chi connectivity index (χ0v) is 30.3. The van der Waals surface area contributed by atoms with E-state index in [-0.39, 0.29) is 0 Å². The molecule has 11 aromatic rings. The normalized spacial score (nSPS) is 11.9. The van der Waals surface area contributed by atoms with Gasteiger partial charge in [-0.25, -0.2) is 0 Å². The van der Waals surface area contributed by atoms with Gasteiger partial charge in [0, 0.05) is 0 Å². The molecule has 0 amide bonds. The van der Waals surface area contributed by atoms with E-state index >= 15 is 0 Å². The van der Waals surface area contributed by atoms with Gasteiger partial charge in [-0.3, -0.25) is 0 Å². The van der Waals surface area contributed by atoms with Gasteiger partial charge in [-0.05, 0) is 129 Å². The lowest BCUT2D eigenvalue weighted by Gasteiger charge is -2.19. The molecule has 0 aliphatic carbocycles. The third-order valence-electron chi connectivity index (χ3n) is 11.7. The zero-order chi connectivity index (χ0) is 35.9. The fourth-order valence-corrected chi connectivity index (χ4v) is 9.50. The highest BCUT2D eigenvalue weighted by Gasteiger charge is 2.19. The number of rotatable bonds is 3. The minimum atomic E-state index is 1.22. The maximum absolute atomic E-state index is 2.43. The summed E-state index contributed by atoms with van der Waals surface area (Å²) in [5.41, 5.74) is 10.1. The minimum absolute atomic E-state index is 1.22. The first-order chi connectivity index (χ1) is 26.6. The smallest absolute Gasteiger partial charge is 0.00137 e. The van der Waals surface area contributed by atoms with Crippen LogP contribution < -0.4 is 0 Å². The summed E-state index contributed by atoms with van der Waals surface area (Å²) in [4.78, 5) is 0. The highest BCUT2D eigenvalue weighted by atomic mass is 14.2. The molecule has 0 nitrogen and oxygen atoms in total. The summed E-state index contributed by atoms with van der Waals surface area (Å²) in [5, 5.41) is 18.2. The van der Waals surface area contributed by atoms with Crippen LogP contribution in [0.5, 0.6) is 0 Å². The molecular formula is C54H36. The molecule has 0 radical (unpaired) electrons. The third kappa shape index (κ3) is 4.57. The largest absolute Gasteiger partial charge is 0.0616 e.